The lowest BCUT2D eigenvalue weighted by Crippen LogP contribution is -1.97. The minimum absolute atomic E-state index is 0.126. The molecule has 0 aliphatic rings. The minimum Gasteiger partial charge on any atom is -0.504 e. The summed E-state index contributed by atoms with van der Waals surface area (Å²) in [7, 11) is -4.35. The van der Waals surface area contributed by atoms with E-state index in [9.17, 15) is 13.5 Å². The van der Waals surface area contributed by atoms with Gasteiger partial charge in [-0.05, 0) is 42.7 Å². The number of hydrogen-bond donors (Lipinski definition) is 2. The highest BCUT2D eigenvalue weighted by Crippen LogP contribution is 2.32. The SMILES string of the molecule is CCCCCCCCc1ccc(Oc2ccc(S(=O)(=O)O)cc2O)cc1. The first-order chi connectivity index (χ1) is 12.4. The Kier molecular flexibility index (Phi) is 7.48. The van der Waals surface area contributed by atoms with Crippen LogP contribution in [0.5, 0.6) is 17.2 Å². The summed E-state index contributed by atoms with van der Waals surface area (Å²) in [5.74, 6) is 0.323. The highest BCUT2D eigenvalue weighted by atomic mass is 32.2. The fourth-order valence-electron chi connectivity index (χ4n) is 2.70. The van der Waals surface area contributed by atoms with E-state index in [0.717, 1.165) is 12.5 Å². The molecular weight excluding hydrogens is 352 g/mol. The largest absolute Gasteiger partial charge is 0.504 e. The molecule has 0 radical (unpaired) electrons. The van der Waals surface area contributed by atoms with Crippen molar-refractivity contribution in [3.8, 4) is 17.2 Å². The molecule has 2 aromatic rings. The summed E-state index contributed by atoms with van der Waals surface area (Å²) in [6.45, 7) is 2.21. The molecular formula is C20H26O5S. The first-order valence-electron chi connectivity index (χ1n) is 8.97. The van der Waals surface area contributed by atoms with Crippen molar-refractivity contribution in [1.82, 2.24) is 0 Å². The van der Waals surface area contributed by atoms with Crippen LogP contribution < -0.4 is 4.74 Å². The van der Waals surface area contributed by atoms with Crippen molar-refractivity contribution in [2.75, 3.05) is 0 Å². The van der Waals surface area contributed by atoms with Crippen molar-refractivity contribution in [2.24, 2.45) is 0 Å². The molecule has 0 spiro atoms. The van der Waals surface area contributed by atoms with Gasteiger partial charge in [-0.25, -0.2) is 0 Å². The maximum Gasteiger partial charge on any atom is 0.294 e. The number of aryl methyl sites for hydroxylation is 1. The summed E-state index contributed by atoms with van der Waals surface area (Å²) in [5, 5.41) is 9.87. The predicted molar refractivity (Wildman–Crippen MR) is 102 cm³/mol. The van der Waals surface area contributed by atoms with E-state index in [-0.39, 0.29) is 16.4 Å². The van der Waals surface area contributed by atoms with E-state index in [1.54, 1.807) is 0 Å². The van der Waals surface area contributed by atoms with Crippen LogP contribution >= 0.6 is 0 Å². The van der Waals surface area contributed by atoms with Crippen LogP contribution in [0.4, 0.5) is 0 Å². The van der Waals surface area contributed by atoms with Gasteiger partial charge in [-0.3, -0.25) is 4.55 Å². The van der Waals surface area contributed by atoms with E-state index < -0.39 is 10.1 Å². The van der Waals surface area contributed by atoms with E-state index >= 15 is 0 Å². The van der Waals surface area contributed by atoms with Crippen LogP contribution in [-0.4, -0.2) is 18.1 Å². The van der Waals surface area contributed by atoms with Crippen LogP contribution in [-0.2, 0) is 16.5 Å². The Balaban J connectivity index is 1.89. The molecule has 0 saturated carbocycles. The van der Waals surface area contributed by atoms with E-state index in [2.05, 4.69) is 6.92 Å². The quantitative estimate of drug-likeness (QED) is 0.431. The molecule has 0 atom stereocenters. The van der Waals surface area contributed by atoms with Crippen molar-refractivity contribution in [2.45, 2.75) is 56.8 Å². The molecule has 2 rings (SSSR count). The van der Waals surface area contributed by atoms with Crippen LogP contribution in [0, 0.1) is 0 Å². The number of rotatable bonds is 10. The van der Waals surface area contributed by atoms with Gasteiger partial charge in [0.2, 0.25) is 0 Å². The van der Waals surface area contributed by atoms with Crippen molar-refractivity contribution < 1.29 is 22.8 Å². The molecule has 5 nitrogen and oxygen atoms in total. The van der Waals surface area contributed by atoms with Crippen molar-refractivity contribution in [3.05, 3.63) is 48.0 Å². The number of ether oxygens (including phenoxy) is 1. The first-order valence-corrected chi connectivity index (χ1v) is 10.4. The van der Waals surface area contributed by atoms with Crippen LogP contribution in [0.1, 0.15) is 51.0 Å². The fourth-order valence-corrected chi connectivity index (χ4v) is 3.21. The Labute approximate surface area is 155 Å². The van der Waals surface area contributed by atoms with Crippen molar-refractivity contribution >= 4 is 10.1 Å². The molecule has 0 aliphatic carbocycles. The van der Waals surface area contributed by atoms with Crippen LogP contribution in [0.3, 0.4) is 0 Å². The van der Waals surface area contributed by atoms with Gasteiger partial charge in [-0.15, -0.1) is 0 Å². The summed E-state index contributed by atoms with van der Waals surface area (Å²) in [4.78, 5) is -0.378. The van der Waals surface area contributed by atoms with Crippen LogP contribution in [0.25, 0.3) is 0 Å². The molecule has 0 amide bonds. The standard InChI is InChI=1S/C20H26O5S/c1-2-3-4-5-6-7-8-16-9-11-17(12-10-16)25-20-14-13-18(15-19(20)21)26(22,23)24/h9-15,21H,2-8H2,1H3,(H,22,23,24). The molecule has 0 bridgehead atoms. The minimum atomic E-state index is -4.35. The smallest absolute Gasteiger partial charge is 0.294 e. The second-order valence-corrected chi connectivity index (χ2v) is 7.79. The summed E-state index contributed by atoms with van der Waals surface area (Å²) < 4.78 is 36.7. The van der Waals surface area contributed by atoms with E-state index in [1.165, 1.54) is 56.2 Å². The third kappa shape index (κ3) is 6.35. The Morgan fingerprint density at radius 3 is 2.19 bits per heavy atom. The average molecular weight is 378 g/mol. The molecule has 2 aromatic carbocycles. The first kappa shape index (κ1) is 20.3. The van der Waals surface area contributed by atoms with Crippen LogP contribution in [0.2, 0.25) is 0 Å². The topological polar surface area (TPSA) is 83.8 Å². The van der Waals surface area contributed by atoms with Gasteiger partial charge in [0.1, 0.15) is 5.75 Å². The Hall–Kier alpha value is -2.05. The van der Waals surface area contributed by atoms with Gasteiger partial charge in [0.25, 0.3) is 10.1 Å². The third-order valence-electron chi connectivity index (χ3n) is 4.20. The molecule has 0 unspecified atom stereocenters. The van der Waals surface area contributed by atoms with Crippen LogP contribution in [0.15, 0.2) is 47.4 Å². The van der Waals surface area contributed by atoms with Crippen molar-refractivity contribution in [3.63, 3.8) is 0 Å². The molecule has 0 aliphatic heterocycles. The summed E-state index contributed by atoms with van der Waals surface area (Å²) in [6.07, 6.45) is 8.60. The predicted octanol–water partition coefficient (Wildman–Crippen LogP) is 5.33. The van der Waals surface area contributed by atoms with E-state index in [4.69, 9.17) is 9.29 Å². The van der Waals surface area contributed by atoms with E-state index in [0.29, 0.717) is 5.75 Å². The molecule has 142 valence electrons. The van der Waals surface area contributed by atoms with Gasteiger partial charge in [0.15, 0.2) is 11.5 Å². The lowest BCUT2D eigenvalue weighted by Gasteiger charge is -2.09. The zero-order valence-electron chi connectivity index (χ0n) is 15.0. The Morgan fingerprint density at radius 1 is 0.923 bits per heavy atom. The molecule has 0 heterocycles. The van der Waals surface area contributed by atoms with Gasteiger partial charge in [-0.2, -0.15) is 8.42 Å². The maximum absolute atomic E-state index is 11.1. The molecule has 0 fully saturated rings. The van der Waals surface area contributed by atoms with Crippen molar-refractivity contribution in [1.29, 1.82) is 0 Å². The zero-order valence-corrected chi connectivity index (χ0v) is 15.8. The molecule has 26 heavy (non-hydrogen) atoms. The maximum atomic E-state index is 11.1. The number of benzene rings is 2. The Bertz CT molecular complexity index is 797. The molecule has 6 heteroatoms. The number of aromatic hydroxyl groups is 1. The highest BCUT2D eigenvalue weighted by Gasteiger charge is 2.13. The normalized spacial score (nSPS) is 11.5. The molecule has 0 aromatic heterocycles. The molecule has 2 N–H and O–H groups in total. The van der Waals surface area contributed by atoms with Gasteiger partial charge < -0.3 is 9.84 Å². The number of hydrogen-bond acceptors (Lipinski definition) is 4. The van der Waals surface area contributed by atoms with Gasteiger partial charge in [0, 0.05) is 6.07 Å². The zero-order chi connectivity index (χ0) is 19.0. The van der Waals surface area contributed by atoms with Gasteiger partial charge in [0.05, 0.1) is 4.90 Å². The third-order valence-corrected chi connectivity index (χ3v) is 5.05. The Morgan fingerprint density at radius 2 is 1.58 bits per heavy atom. The highest BCUT2D eigenvalue weighted by molar-refractivity contribution is 7.85. The number of unbranched alkanes of at least 4 members (excludes halogenated alkanes) is 5. The lowest BCUT2D eigenvalue weighted by molar-refractivity contribution is 0.408. The van der Waals surface area contributed by atoms with E-state index in [1.807, 2.05) is 24.3 Å². The number of phenolic OH excluding ortho intramolecular Hbond substituents is 1. The summed E-state index contributed by atoms with van der Waals surface area (Å²) in [5.41, 5.74) is 1.23. The number of phenols is 1. The molecule has 0 saturated heterocycles. The lowest BCUT2D eigenvalue weighted by atomic mass is 10.0. The monoisotopic (exact) mass is 378 g/mol. The van der Waals surface area contributed by atoms with Gasteiger partial charge in [-0.1, -0.05) is 51.2 Å². The average Bonchev–Trinajstić information content (AvgIpc) is 2.60. The second-order valence-electron chi connectivity index (χ2n) is 6.37. The summed E-state index contributed by atoms with van der Waals surface area (Å²) >= 11 is 0. The van der Waals surface area contributed by atoms with Gasteiger partial charge >= 0.3 is 0 Å². The fraction of sp³-hybridized carbons (Fsp3) is 0.400. The summed E-state index contributed by atoms with van der Waals surface area (Å²) in [6, 6.07) is 11.1. The second kappa shape index (κ2) is 9.59.